The largest absolute Gasteiger partial charge is 0.314 e. The molecule has 1 amide bonds. The molecule has 0 aliphatic rings. The van der Waals surface area contributed by atoms with Crippen molar-refractivity contribution in [3.05, 3.63) is 65.2 Å². The molecule has 2 nitrogen and oxygen atoms in total. The highest BCUT2D eigenvalue weighted by Gasteiger charge is 2.13. The zero-order valence-corrected chi connectivity index (χ0v) is 10.9. The topological polar surface area (TPSA) is 20.3 Å². The normalized spacial score (nSPS) is 10.1. The van der Waals surface area contributed by atoms with E-state index in [0.29, 0.717) is 11.4 Å². The Morgan fingerprint density at radius 3 is 2.33 bits per heavy atom. The summed E-state index contributed by atoms with van der Waals surface area (Å²) < 4.78 is 0. The summed E-state index contributed by atoms with van der Waals surface area (Å²) in [5.74, 6) is 0.0225. The zero-order valence-electron chi connectivity index (χ0n) is 10.1. The fourth-order valence-electron chi connectivity index (χ4n) is 1.75. The summed E-state index contributed by atoms with van der Waals surface area (Å²) >= 11 is 6.07. The fraction of sp³-hybridized carbons (Fsp3) is 0.133. The van der Waals surface area contributed by atoms with Crippen LogP contribution in [0.15, 0.2) is 54.6 Å². The molecule has 0 aliphatic carbocycles. The molecular weight excluding hydrogens is 246 g/mol. The third kappa shape index (κ3) is 2.90. The molecule has 0 bridgehead atoms. The van der Waals surface area contributed by atoms with Gasteiger partial charge < -0.3 is 4.90 Å². The molecule has 0 radical (unpaired) electrons. The van der Waals surface area contributed by atoms with Gasteiger partial charge in [0.15, 0.2) is 0 Å². The molecule has 3 heteroatoms. The van der Waals surface area contributed by atoms with Crippen molar-refractivity contribution >= 4 is 23.2 Å². The first-order chi connectivity index (χ1) is 8.68. The molecule has 18 heavy (non-hydrogen) atoms. The predicted molar refractivity (Wildman–Crippen MR) is 75.0 cm³/mol. The second-order valence-corrected chi connectivity index (χ2v) is 4.47. The summed E-state index contributed by atoms with van der Waals surface area (Å²) in [5, 5.41) is 0.585. The Labute approximate surface area is 112 Å². The molecule has 0 aromatic heterocycles. The van der Waals surface area contributed by atoms with Gasteiger partial charge in [-0.25, -0.2) is 0 Å². The first-order valence-corrected chi connectivity index (χ1v) is 6.11. The van der Waals surface area contributed by atoms with Gasteiger partial charge in [0, 0.05) is 7.05 Å². The Morgan fingerprint density at radius 2 is 1.67 bits per heavy atom. The van der Waals surface area contributed by atoms with Crippen LogP contribution >= 0.6 is 11.6 Å². The number of anilines is 1. The SMILES string of the molecule is CN(C(=O)Cc1ccccc1)c1ccccc1Cl. The molecule has 0 unspecified atom stereocenters. The molecule has 2 aromatic rings. The van der Waals surface area contributed by atoms with Crippen molar-refractivity contribution in [2.45, 2.75) is 6.42 Å². The van der Waals surface area contributed by atoms with E-state index in [-0.39, 0.29) is 5.91 Å². The fourth-order valence-corrected chi connectivity index (χ4v) is 2.01. The van der Waals surface area contributed by atoms with Crippen LogP contribution in [0.1, 0.15) is 5.56 Å². The number of rotatable bonds is 3. The number of para-hydroxylation sites is 1. The standard InChI is InChI=1S/C15H14ClNO/c1-17(14-10-6-5-9-13(14)16)15(18)11-12-7-3-2-4-8-12/h2-10H,11H2,1H3. The van der Waals surface area contributed by atoms with Crippen LogP contribution in [0.2, 0.25) is 5.02 Å². The third-order valence-corrected chi connectivity index (χ3v) is 3.11. The number of hydrogen-bond acceptors (Lipinski definition) is 1. The summed E-state index contributed by atoms with van der Waals surface area (Å²) in [6, 6.07) is 17.0. The summed E-state index contributed by atoms with van der Waals surface area (Å²) in [7, 11) is 1.74. The summed E-state index contributed by atoms with van der Waals surface area (Å²) in [5.41, 5.74) is 1.74. The van der Waals surface area contributed by atoms with Crippen molar-refractivity contribution in [3.63, 3.8) is 0 Å². The first-order valence-electron chi connectivity index (χ1n) is 5.73. The van der Waals surface area contributed by atoms with Gasteiger partial charge in [0.2, 0.25) is 5.91 Å². The summed E-state index contributed by atoms with van der Waals surface area (Å²) in [6.07, 6.45) is 0.378. The highest BCUT2D eigenvalue weighted by atomic mass is 35.5. The lowest BCUT2D eigenvalue weighted by molar-refractivity contribution is -0.117. The summed E-state index contributed by atoms with van der Waals surface area (Å²) in [6.45, 7) is 0. The van der Waals surface area contributed by atoms with Crippen LogP contribution in [0.25, 0.3) is 0 Å². The second-order valence-electron chi connectivity index (χ2n) is 4.07. The molecule has 0 saturated carbocycles. The number of amides is 1. The monoisotopic (exact) mass is 259 g/mol. The molecule has 0 atom stereocenters. The van der Waals surface area contributed by atoms with Crippen molar-refractivity contribution in [3.8, 4) is 0 Å². The van der Waals surface area contributed by atoms with E-state index in [4.69, 9.17) is 11.6 Å². The summed E-state index contributed by atoms with van der Waals surface area (Å²) in [4.78, 5) is 13.7. The number of likely N-dealkylation sites (N-methyl/N-ethyl adjacent to an activating group) is 1. The predicted octanol–water partition coefficient (Wildman–Crippen LogP) is 3.55. The lowest BCUT2D eigenvalue weighted by atomic mass is 10.1. The zero-order chi connectivity index (χ0) is 13.0. The van der Waals surface area contributed by atoms with E-state index in [1.54, 1.807) is 18.0 Å². The van der Waals surface area contributed by atoms with Gasteiger partial charge in [0.25, 0.3) is 0 Å². The average molecular weight is 260 g/mol. The van der Waals surface area contributed by atoms with E-state index >= 15 is 0 Å². The Bertz CT molecular complexity index is 539. The minimum absolute atomic E-state index is 0.0225. The molecule has 0 saturated heterocycles. The highest BCUT2D eigenvalue weighted by Crippen LogP contribution is 2.24. The van der Waals surface area contributed by atoms with Crippen LogP contribution in [0.3, 0.4) is 0 Å². The Morgan fingerprint density at radius 1 is 1.06 bits per heavy atom. The minimum Gasteiger partial charge on any atom is -0.314 e. The number of halogens is 1. The van der Waals surface area contributed by atoms with Crippen molar-refractivity contribution in [1.29, 1.82) is 0 Å². The molecule has 2 rings (SSSR count). The number of benzene rings is 2. The van der Waals surface area contributed by atoms with E-state index in [1.807, 2.05) is 48.5 Å². The molecule has 0 heterocycles. The van der Waals surface area contributed by atoms with E-state index in [9.17, 15) is 4.79 Å². The maximum absolute atomic E-state index is 12.1. The number of hydrogen-bond donors (Lipinski definition) is 0. The highest BCUT2D eigenvalue weighted by molar-refractivity contribution is 6.33. The van der Waals surface area contributed by atoms with Gasteiger partial charge in [-0.15, -0.1) is 0 Å². The van der Waals surface area contributed by atoms with Gasteiger partial charge in [-0.2, -0.15) is 0 Å². The van der Waals surface area contributed by atoms with Crippen molar-refractivity contribution < 1.29 is 4.79 Å². The molecule has 0 aliphatic heterocycles. The maximum Gasteiger partial charge on any atom is 0.231 e. The van der Waals surface area contributed by atoms with Crippen LogP contribution in [0, 0.1) is 0 Å². The van der Waals surface area contributed by atoms with Crippen LogP contribution in [0.5, 0.6) is 0 Å². The Balaban J connectivity index is 2.13. The van der Waals surface area contributed by atoms with Crippen molar-refractivity contribution in [1.82, 2.24) is 0 Å². The van der Waals surface area contributed by atoms with E-state index in [0.717, 1.165) is 11.3 Å². The lowest BCUT2D eigenvalue weighted by Gasteiger charge is -2.18. The quantitative estimate of drug-likeness (QED) is 0.826. The molecule has 2 aromatic carbocycles. The van der Waals surface area contributed by atoms with E-state index in [2.05, 4.69) is 0 Å². The molecule has 0 spiro atoms. The van der Waals surface area contributed by atoms with E-state index < -0.39 is 0 Å². The minimum atomic E-state index is 0.0225. The van der Waals surface area contributed by atoms with Crippen molar-refractivity contribution in [2.24, 2.45) is 0 Å². The molecule has 0 fully saturated rings. The van der Waals surface area contributed by atoms with Crippen LogP contribution < -0.4 is 4.90 Å². The van der Waals surface area contributed by atoms with Crippen LogP contribution in [0.4, 0.5) is 5.69 Å². The molecule has 0 N–H and O–H groups in total. The van der Waals surface area contributed by atoms with Gasteiger partial charge in [-0.1, -0.05) is 54.1 Å². The van der Waals surface area contributed by atoms with E-state index in [1.165, 1.54) is 0 Å². The Kier molecular flexibility index (Phi) is 4.00. The Hall–Kier alpha value is -1.80. The van der Waals surface area contributed by atoms with Gasteiger partial charge in [-0.3, -0.25) is 4.79 Å². The third-order valence-electron chi connectivity index (χ3n) is 2.79. The van der Waals surface area contributed by atoms with Gasteiger partial charge in [0.1, 0.15) is 0 Å². The molecule has 92 valence electrons. The average Bonchev–Trinajstić information content (AvgIpc) is 2.39. The van der Waals surface area contributed by atoms with Gasteiger partial charge >= 0.3 is 0 Å². The van der Waals surface area contributed by atoms with Crippen molar-refractivity contribution in [2.75, 3.05) is 11.9 Å². The maximum atomic E-state index is 12.1. The second kappa shape index (κ2) is 5.69. The number of carbonyl (C=O) groups is 1. The molecular formula is C15H14ClNO. The smallest absolute Gasteiger partial charge is 0.231 e. The lowest BCUT2D eigenvalue weighted by Crippen LogP contribution is -2.28. The number of nitrogens with zero attached hydrogens (tertiary/aromatic N) is 1. The van der Waals surface area contributed by atoms with Crippen LogP contribution in [-0.2, 0) is 11.2 Å². The first kappa shape index (κ1) is 12.7. The van der Waals surface area contributed by atoms with Gasteiger partial charge in [-0.05, 0) is 17.7 Å². The number of carbonyl (C=O) groups excluding carboxylic acids is 1. The van der Waals surface area contributed by atoms with Gasteiger partial charge in [0.05, 0.1) is 17.1 Å². The van der Waals surface area contributed by atoms with Crippen LogP contribution in [-0.4, -0.2) is 13.0 Å².